The van der Waals surface area contributed by atoms with E-state index >= 15 is 0 Å². The number of hydrogen-bond donors (Lipinski definition) is 4. The molecule has 0 amide bonds. The Bertz CT molecular complexity index is 1390. The maximum absolute atomic E-state index is 5.89. The molecular formula is C30H32N6O5. The highest BCUT2D eigenvalue weighted by Crippen LogP contribution is 2.38. The van der Waals surface area contributed by atoms with Crippen LogP contribution in [0.3, 0.4) is 0 Å². The molecule has 2 aliphatic rings. The summed E-state index contributed by atoms with van der Waals surface area (Å²) in [7, 11) is 3.31. The number of anilines is 4. The van der Waals surface area contributed by atoms with E-state index in [1.54, 1.807) is 26.6 Å². The number of methoxy groups -OCH3 is 2. The summed E-state index contributed by atoms with van der Waals surface area (Å²) in [5.74, 6) is 3.05. The van der Waals surface area contributed by atoms with Crippen molar-refractivity contribution >= 4 is 22.7 Å². The molecule has 2 unspecified atom stereocenters. The quantitative estimate of drug-likeness (QED) is 0.176. The number of nitrogens with zero attached hydrogens (tertiary/aromatic N) is 2. The molecular weight excluding hydrogens is 524 g/mol. The minimum atomic E-state index is -0.151. The molecule has 11 nitrogen and oxygen atoms in total. The van der Waals surface area contributed by atoms with Crippen LogP contribution in [0.15, 0.2) is 73.1 Å². The minimum absolute atomic E-state index is 0.151. The molecule has 2 aromatic carbocycles. The largest absolute Gasteiger partial charge is 0.497 e. The van der Waals surface area contributed by atoms with Crippen molar-refractivity contribution in [1.82, 2.24) is 9.97 Å². The van der Waals surface area contributed by atoms with Crippen LogP contribution in [0, 0.1) is 0 Å². The third-order valence-corrected chi connectivity index (χ3v) is 6.74. The first-order valence-corrected chi connectivity index (χ1v) is 13.4. The second kappa shape index (κ2) is 12.1. The predicted molar refractivity (Wildman–Crippen MR) is 156 cm³/mol. The number of benzene rings is 2. The fourth-order valence-corrected chi connectivity index (χ4v) is 4.67. The van der Waals surface area contributed by atoms with Crippen LogP contribution in [0.4, 0.5) is 22.7 Å². The lowest BCUT2D eigenvalue weighted by Gasteiger charge is -2.14. The Balaban J connectivity index is 0.912. The van der Waals surface area contributed by atoms with Gasteiger partial charge in [-0.25, -0.2) is 0 Å². The average molecular weight is 557 g/mol. The highest BCUT2D eigenvalue weighted by atomic mass is 16.5. The fourth-order valence-electron chi connectivity index (χ4n) is 4.67. The maximum Gasteiger partial charge on any atom is 0.141 e. The standard InChI is InChI=1S/C30H32N6O5/c1-37-19-3-5-23-25(15-19)35-29(33-23)27-17-21(7-9-31-27)40-13-11-39-12-14-41-22-8-10-32-28(18-22)30-34-24-6-4-20(38-2)16-26(24)36-30/h3-10,15-18,29-30,33-36H,11-14H2,1-2H3. The zero-order valence-electron chi connectivity index (χ0n) is 22.8. The zero-order chi connectivity index (χ0) is 28.0. The second-order valence-electron chi connectivity index (χ2n) is 9.41. The van der Waals surface area contributed by atoms with E-state index in [-0.39, 0.29) is 12.3 Å². The third-order valence-electron chi connectivity index (χ3n) is 6.74. The molecule has 0 aliphatic carbocycles. The van der Waals surface area contributed by atoms with Gasteiger partial charge in [-0.2, -0.15) is 0 Å². The van der Waals surface area contributed by atoms with E-state index in [0.29, 0.717) is 26.4 Å². The number of ether oxygens (including phenoxy) is 5. The minimum Gasteiger partial charge on any atom is -0.497 e. The molecule has 4 aromatic rings. The van der Waals surface area contributed by atoms with Gasteiger partial charge in [0.05, 0.1) is 61.6 Å². The van der Waals surface area contributed by atoms with Gasteiger partial charge in [-0.15, -0.1) is 0 Å². The lowest BCUT2D eigenvalue weighted by molar-refractivity contribution is 0.0763. The Labute approximate surface area is 238 Å². The first-order valence-electron chi connectivity index (χ1n) is 13.4. The summed E-state index contributed by atoms with van der Waals surface area (Å²) in [4.78, 5) is 8.98. The van der Waals surface area contributed by atoms with Crippen molar-refractivity contribution in [2.75, 3.05) is 61.9 Å². The molecule has 2 aliphatic heterocycles. The van der Waals surface area contributed by atoms with Crippen LogP contribution >= 0.6 is 0 Å². The first-order chi connectivity index (χ1) is 20.2. The number of nitrogens with one attached hydrogen (secondary N) is 4. The maximum atomic E-state index is 5.89. The number of fused-ring (bicyclic) bond motifs is 2. The summed E-state index contributed by atoms with van der Waals surface area (Å²) >= 11 is 0. The van der Waals surface area contributed by atoms with E-state index in [4.69, 9.17) is 23.7 Å². The Morgan fingerprint density at radius 1 is 0.537 bits per heavy atom. The lowest BCUT2D eigenvalue weighted by Crippen LogP contribution is -2.15. The average Bonchev–Trinajstić information content (AvgIpc) is 3.64. The van der Waals surface area contributed by atoms with Gasteiger partial charge in [0.2, 0.25) is 0 Å². The van der Waals surface area contributed by atoms with Crippen molar-refractivity contribution < 1.29 is 23.7 Å². The topological polar surface area (TPSA) is 120 Å². The van der Waals surface area contributed by atoms with Crippen molar-refractivity contribution in [2.45, 2.75) is 12.3 Å². The Morgan fingerprint density at radius 2 is 1.00 bits per heavy atom. The van der Waals surface area contributed by atoms with Gasteiger partial charge in [-0.1, -0.05) is 0 Å². The summed E-state index contributed by atoms with van der Waals surface area (Å²) in [6, 6.07) is 19.2. The summed E-state index contributed by atoms with van der Waals surface area (Å²) in [5.41, 5.74) is 5.60. The van der Waals surface area contributed by atoms with Crippen molar-refractivity contribution in [3.05, 3.63) is 84.4 Å². The molecule has 6 rings (SSSR count). The lowest BCUT2D eigenvalue weighted by atomic mass is 10.2. The van der Waals surface area contributed by atoms with Crippen molar-refractivity contribution in [3.63, 3.8) is 0 Å². The van der Waals surface area contributed by atoms with Gasteiger partial charge in [0.1, 0.15) is 48.5 Å². The molecule has 0 fully saturated rings. The summed E-state index contributed by atoms with van der Waals surface area (Å²) in [6.45, 7) is 1.70. The number of aromatic nitrogens is 2. The molecule has 11 heteroatoms. The van der Waals surface area contributed by atoms with Crippen LogP contribution < -0.4 is 40.2 Å². The predicted octanol–water partition coefficient (Wildman–Crippen LogP) is 5.04. The van der Waals surface area contributed by atoms with Crippen LogP contribution in [0.5, 0.6) is 23.0 Å². The summed E-state index contributed by atoms with van der Waals surface area (Å²) < 4.78 is 28.1. The van der Waals surface area contributed by atoms with Gasteiger partial charge in [-0.3, -0.25) is 9.97 Å². The molecule has 41 heavy (non-hydrogen) atoms. The number of rotatable bonds is 12. The van der Waals surface area contributed by atoms with Gasteiger partial charge >= 0.3 is 0 Å². The zero-order valence-corrected chi connectivity index (χ0v) is 22.8. The van der Waals surface area contributed by atoms with E-state index in [0.717, 1.165) is 57.1 Å². The molecule has 0 saturated heterocycles. The Morgan fingerprint density at radius 3 is 1.46 bits per heavy atom. The molecule has 4 heterocycles. The van der Waals surface area contributed by atoms with Crippen LogP contribution in [-0.4, -0.2) is 50.6 Å². The Hall–Kier alpha value is -4.90. The second-order valence-corrected chi connectivity index (χ2v) is 9.41. The number of pyridine rings is 2. The molecule has 4 N–H and O–H groups in total. The van der Waals surface area contributed by atoms with Gasteiger partial charge in [0.25, 0.3) is 0 Å². The van der Waals surface area contributed by atoms with Crippen LogP contribution in [0.2, 0.25) is 0 Å². The summed E-state index contributed by atoms with van der Waals surface area (Å²) in [5, 5.41) is 13.7. The SMILES string of the molecule is COc1ccc2c(c1)NC(c1cc(OCCOCCOc3ccnc(C4Nc5ccc(OC)cc5N4)c3)ccn1)N2. The van der Waals surface area contributed by atoms with Crippen LogP contribution in [-0.2, 0) is 4.74 Å². The molecule has 0 bridgehead atoms. The smallest absolute Gasteiger partial charge is 0.141 e. The normalized spacial score (nSPS) is 16.3. The molecule has 0 saturated carbocycles. The summed E-state index contributed by atoms with van der Waals surface area (Å²) in [6.07, 6.45) is 3.17. The van der Waals surface area contributed by atoms with E-state index in [1.807, 2.05) is 60.7 Å². The number of hydrogen-bond acceptors (Lipinski definition) is 11. The molecule has 0 radical (unpaired) electrons. The highest BCUT2D eigenvalue weighted by Gasteiger charge is 2.24. The van der Waals surface area contributed by atoms with E-state index in [9.17, 15) is 0 Å². The molecule has 2 atom stereocenters. The third kappa shape index (κ3) is 6.15. The molecule has 0 spiro atoms. The highest BCUT2D eigenvalue weighted by molar-refractivity contribution is 5.77. The van der Waals surface area contributed by atoms with Crippen LogP contribution in [0.1, 0.15) is 23.7 Å². The van der Waals surface area contributed by atoms with Gasteiger partial charge in [0.15, 0.2) is 0 Å². The van der Waals surface area contributed by atoms with Crippen molar-refractivity contribution in [2.24, 2.45) is 0 Å². The van der Waals surface area contributed by atoms with Crippen molar-refractivity contribution in [3.8, 4) is 23.0 Å². The van der Waals surface area contributed by atoms with Crippen molar-refractivity contribution in [1.29, 1.82) is 0 Å². The van der Waals surface area contributed by atoms with Gasteiger partial charge in [0, 0.05) is 36.7 Å². The molecule has 212 valence electrons. The molecule has 2 aromatic heterocycles. The monoisotopic (exact) mass is 556 g/mol. The van der Waals surface area contributed by atoms with Gasteiger partial charge < -0.3 is 45.0 Å². The van der Waals surface area contributed by atoms with E-state index in [1.165, 1.54) is 0 Å². The van der Waals surface area contributed by atoms with Gasteiger partial charge in [-0.05, 0) is 36.4 Å². The van der Waals surface area contributed by atoms with Crippen LogP contribution in [0.25, 0.3) is 0 Å². The van der Waals surface area contributed by atoms with E-state index in [2.05, 4.69) is 31.2 Å². The first kappa shape index (κ1) is 26.3. The fraction of sp³-hybridized carbons (Fsp3) is 0.267. The van der Waals surface area contributed by atoms with E-state index < -0.39 is 0 Å². The Kier molecular flexibility index (Phi) is 7.76.